The highest BCUT2D eigenvalue weighted by Gasteiger charge is 2.18. The summed E-state index contributed by atoms with van der Waals surface area (Å²) >= 11 is 0. The number of carbonyl (C=O) groups excluding carboxylic acids is 2. The number of rotatable bonds is 5. The van der Waals surface area contributed by atoms with Gasteiger partial charge in [0.15, 0.2) is 6.29 Å². The summed E-state index contributed by atoms with van der Waals surface area (Å²) in [5.41, 5.74) is 5.02. The van der Waals surface area contributed by atoms with Crippen molar-refractivity contribution in [3.63, 3.8) is 0 Å². The van der Waals surface area contributed by atoms with Gasteiger partial charge in [-0.25, -0.2) is 0 Å². The van der Waals surface area contributed by atoms with Gasteiger partial charge in [-0.15, -0.1) is 0 Å². The first kappa shape index (κ1) is 15.9. The molecule has 0 radical (unpaired) electrons. The first-order chi connectivity index (χ1) is 10.5. The summed E-state index contributed by atoms with van der Waals surface area (Å²) < 4.78 is 6.58. The van der Waals surface area contributed by atoms with Gasteiger partial charge in [-0.05, 0) is 39.3 Å². The minimum atomic E-state index is -0.320. The van der Waals surface area contributed by atoms with Crippen molar-refractivity contribution >= 4 is 12.3 Å². The van der Waals surface area contributed by atoms with Crippen LogP contribution in [0.2, 0.25) is 0 Å². The standard InChI is InChI=1S/C17H20N2O3/c1-5-22-16(21)9-19-13(4)17(12(3)18-19)15-7-6-11(2)8-14(15)10-20/h6-8,10H,5,9H2,1-4H3. The number of nitrogens with zero attached hydrogens (tertiary/aromatic N) is 2. The topological polar surface area (TPSA) is 61.2 Å². The van der Waals surface area contributed by atoms with E-state index in [2.05, 4.69) is 5.10 Å². The second-order valence-corrected chi connectivity index (χ2v) is 5.22. The van der Waals surface area contributed by atoms with Crippen LogP contribution in [0.3, 0.4) is 0 Å². The molecule has 0 N–H and O–H groups in total. The van der Waals surface area contributed by atoms with Crippen LogP contribution < -0.4 is 0 Å². The van der Waals surface area contributed by atoms with Crippen molar-refractivity contribution in [2.24, 2.45) is 0 Å². The normalized spacial score (nSPS) is 10.5. The Hall–Kier alpha value is -2.43. The fourth-order valence-corrected chi connectivity index (χ4v) is 2.58. The van der Waals surface area contributed by atoms with E-state index in [0.717, 1.165) is 34.4 Å². The number of esters is 1. The maximum Gasteiger partial charge on any atom is 0.327 e. The van der Waals surface area contributed by atoms with Gasteiger partial charge in [0.05, 0.1) is 12.3 Å². The lowest BCUT2D eigenvalue weighted by molar-refractivity contribution is -0.144. The summed E-state index contributed by atoms with van der Waals surface area (Å²) in [6.45, 7) is 7.90. The van der Waals surface area contributed by atoms with Crippen LogP contribution in [0, 0.1) is 20.8 Å². The minimum absolute atomic E-state index is 0.0722. The molecule has 2 aromatic rings. The molecule has 1 heterocycles. The highest BCUT2D eigenvalue weighted by atomic mass is 16.5. The molecule has 0 bridgehead atoms. The fourth-order valence-electron chi connectivity index (χ4n) is 2.58. The van der Waals surface area contributed by atoms with E-state index in [1.54, 1.807) is 11.6 Å². The van der Waals surface area contributed by atoms with Crippen LogP contribution in [0.15, 0.2) is 18.2 Å². The van der Waals surface area contributed by atoms with Crippen LogP contribution in [0.5, 0.6) is 0 Å². The van der Waals surface area contributed by atoms with Crippen molar-refractivity contribution in [3.05, 3.63) is 40.7 Å². The molecule has 2 rings (SSSR count). The van der Waals surface area contributed by atoms with Gasteiger partial charge in [0, 0.05) is 16.8 Å². The van der Waals surface area contributed by atoms with E-state index in [1.807, 2.05) is 39.0 Å². The molecule has 0 saturated heterocycles. The maximum atomic E-state index is 11.7. The first-order valence-electron chi connectivity index (χ1n) is 7.23. The number of aldehydes is 1. The monoisotopic (exact) mass is 300 g/mol. The Kier molecular flexibility index (Phi) is 4.75. The smallest absolute Gasteiger partial charge is 0.327 e. The van der Waals surface area contributed by atoms with Gasteiger partial charge >= 0.3 is 5.97 Å². The molecule has 22 heavy (non-hydrogen) atoms. The SMILES string of the molecule is CCOC(=O)Cn1nc(C)c(-c2ccc(C)cc2C=O)c1C. The second kappa shape index (κ2) is 6.56. The zero-order valence-corrected chi connectivity index (χ0v) is 13.3. The molecule has 5 heteroatoms. The third-order valence-electron chi connectivity index (χ3n) is 3.57. The highest BCUT2D eigenvalue weighted by Crippen LogP contribution is 2.30. The molecule has 1 aromatic carbocycles. The quantitative estimate of drug-likeness (QED) is 0.629. The molecule has 0 amide bonds. The Labute approximate surface area is 129 Å². The molecule has 116 valence electrons. The van der Waals surface area contributed by atoms with Crippen molar-refractivity contribution in [2.45, 2.75) is 34.2 Å². The third kappa shape index (κ3) is 3.08. The molecule has 0 aliphatic heterocycles. The van der Waals surface area contributed by atoms with Crippen LogP contribution in [0.25, 0.3) is 11.1 Å². The molecule has 0 unspecified atom stereocenters. The summed E-state index contributed by atoms with van der Waals surface area (Å²) in [5, 5.41) is 4.41. The predicted octanol–water partition coefficient (Wildman–Crippen LogP) is 2.85. The van der Waals surface area contributed by atoms with Crippen molar-refractivity contribution in [2.75, 3.05) is 6.61 Å². The van der Waals surface area contributed by atoms with Crippen molar-refractivity contribution < 1.29 is 14.3 Å². The van der Waals surface area contributed by atoms with E-state index in [4.69, 9.17) is 4.74 Å². The number of carbonyl (C=O) groups is 2. The third-order valence-corrected chi connectivity index (χ3v) is 3.57. The number of aromatic nitrogens is 2. The Morgan fingerprint density at radius 3 is 2.68 bits per heavy atom. The van der Waals surface area contributed by atoms with Gasteiger partial charge in [0.1, 0.15) is 6.54 Å². The summed E-state index contributed by atoms with van der Waals surface area (Å²) in [7, 11) is 0. The van der Waals surface area contributed by atoms with Crippen molar-refractivity contribution in [3.8, 4) is 11.1 Å². The van der Waals surface area contributed by atoms with E-state index < -0.39 is 0 Å². The molecule has 0 aliphatic carbocycles. The van der Waals surface area contributed by atoms with E-state index in [-0.39, 0.29) is 12.5 Å². The van der Waals surface area contributed by atoms with Crippen LogP contribution in [0.4, 0.5) is 0 Å². The summed E-state index contributed by atoms with van der Waals surface area (Å²) in [4.78, 5) is 23.0. The van der Waals surface area contributed by atoms with E-state index in [9.17, 15) is 9.59 Å². The van der Waals surface area contributed by atoms with Crippen molar-refractivity contribution in [1.29, 1.82) is 0 Å². The number of aryl methyl sites for hydroxylation is 2. The molecular formula is C17H20N2O3. The maximum absolute atomic E-state index is 11.7. The first-order valence-corrected chi connectivity index (χ1v) is 7.23. The lowest BCUT2D eigenvalue weighted by atomic mass is 9.97. The summed E-state index contributed by atoms with van der Waals surface area (Å²) in [6.07, 6.45) is 0.851. The Balaban J connectivity index is 2.47. The largest absolute Gasteiger partial charge is 0.465 e. The zero-order valence-electron chi connectivity index (χ0n) is 13.3. The van der Waals surface area contributed by atoms with Crippen LogP contribution in [0.1, 0.15) is 34.2 Å². The van der Waals surface area contributed by atoms with E-state index in [1.165, 1.54) is 0 Å². The molecule has 0 saturated carbocycles. The predicted molar refractivity (Wildman–Crippen MR) is 83.9 cm³/mol. The van der Waals surface area contributed by atoms with Gasteiger partial charge in [0.2, 0.25) is 0 Å². The Morgan fingerprint density at radius 1 is 1.32 bits per heavy atom. The second-order valence-electron chi connectivity index (χ2n) is 5.22. The summed E-state index contributed by atoms with van der Waals surface area (Å²) in [6, 6.07) is 5.73. The molecule has 0 aliphatic rings. The Morgan fingerprint density at radius 2 is 2.05 bits per heavy atom. The van der Waals surface area contributed by atoms with Crippen LogP contribution in [-0.4, -0.2) is 28.6 Å². The number of ether oxygens (including phenoxy) is 1. The fraction of sp³-hybridized carbons (Fsp3) is 0.353. The van der Waals surface area contributed by atoms with Gasteiger partial charge in [-0.1, -0.05) is 17.7 Å². The lowest BCUT2D eigenvalue weighted by Gasteiger charge is -2.08. The molecule has 0 atom stereocenters. The van der Waals surface area contributed by atoms with Gasteiger partial charge < -0.3 is 4.74 Å². The van der Waals surface area contributed by atoms with E-state index in [0.29, 0.717) is 12.2 Å². The van der Waals surface area contributed by atoms with Crippen LogP contribution >= 0.6 is 0 Å². The summed E-state index contributed by atoms with van der Waals surface area (Å²) in [5.74, 6) is -0.320. The van der Waals surface area contributed by atoms with Gasteiger partial charge in [-0.3, -0.25) is 14.3 Å². The molecule has 0 fully saturated rings. The lowest BCUT2D eigenvalue weighted by Crippen LogP contribution is -2.15. The van der Waals surface area contributed by atoms with Gasteiger partial charge in [-0.2, -0.15) is 5.10 Å². The molecule has 0 spiro atoms. The average Bonchev–Trinajstić information content (AvgIpc) is 2.74. The number of hydrogen-bond donors (Lipinski definition) is 0. The zero-order chi connectivity index (χ0) is 16.3. The molecule has 5 nitrogen and oxygen atoms in total. The number of hydrogen-bond acceptors (Lipinski definition) is 4. The number of benzene rings is 1. The molecular weight excluding hydrogens is 280 g/mol. The van der Waals surface area contributed by atoms with Crippen LogP contribution in [-0.2, 0) is 16.1 Å². The van der Waals surface area contributed by atoms with Gasteiger partial charge in [0.25, 0.3) is 0 Å². The van der Waals surface area contributed by atoms with E-state index >= 15 is 0 Å². The molecule has 1 aromatic heterocycles. The Bertz CT molecular complexity index is 717. The highest BCUT2D eigenvalue weighted by molar-refractivity contribution is 5.89. The minimum Gasteiger partial charge on any atom is -0.465 e. The van der Waals surface area contributed by atoms with Crippen molar-refractivity contribution in [1.82, 2.24) is 9.78 Å². The average molecular weight is 300 g/mol.